The van der Waals surface area contributed by atoms with Crippen LogP contribution < -0.4 is 0 Å². The van der Waals surface area contributed by atoms with E-state index >= 15 is 0 Å². The molecule has 2 fully saturated rings. The third-order valence-corrected chi connectivity index (χ3v) is 6.45. The normalized spacial score (nSPS) is 30.9. The Kier molecular flexibility index (Phi) is 4.06. The first-order valence-corrected chi connectivity index (χ1v) is 8.91. The molecule has 5 nitrogen and oxygen atoms in total. The van der Waals surface area contributed by atoms with Crippen LogP contribution in [0.15, 0.2) is 17.6 Å². The van der Waals surface area contributed by atoms with Gasteiger partial charge in [0, 0.05) is 17.7 Å². The van der Waals surface area contributed by atoms with Gasteiger partial charge in [0.05, 0.1) is 17.5 Å². The van der Waals surface area contributed by atoms with Crippen LogP contribution in [0, 0.1) is 5.92 Å². The van der Waals surface area contributed by atoms with Crippen LogP contribution in [-0.2, 0) is 14.6 Å². The third kappa shape index (κ3) is 3.02. The van der Waals surface area contributed by atoms with Crippen LogP contribution >= 0.6 is 11.8 Å². The molecule has 0 unspecified atom stereocenters. The van der Waals surface area contributed by atoms with Crippen molar-refractivity contribution < 1.29 is 13.2 Å². The van der Waals surface area contributed by atoms with Crippen molar-refractivity contribution in [1.29, 1.82) is 0 Å². The number of sulfone groups is 1. The fraction of sp³-hybridized carbons (Fsp3) is 0.667. The van der Waals surface area contributed by atoms with Crippen molar-refractivity contribution in [3.05, 3.63) is 12.7 Å². The van der Waals surface area contributed by atoms with Gasteiger partial charge in [-0.05, 0) is 0 Å². The Morgan fingerprint density at radius 2 is 2.26 bits per heavy atom. The second-order valence-corrected chi connectivity index (χ2v) is 8.49. The molecule has 0 bridgehead atoms. The summed E-state index contributed by atoms with van der Waals surface area (Å²) in [5.41, 5.74) is 0. The Labute approximate surface area is 118 Å². The molecule has 2 aliphatic rings. The summed E-state index contributed by atoms with van der Waals surface area (Å²) in [7, 11) is -2.96. The fourth-order valence-corrected chi connectivity index (χ4v) is 6.18. The van der Waals surface area contributed by atoms with Crippen LogP contribution in [0.3, 0.4) is 0 Å². The first-order chi connectivity index (χ1) is 8.84. The summed E-state index contributed by atoms with van der Waals surface area (Å²) in [6.07, 6.45) is 1.71. The van der Waals surface area contributed by atoms with E-state index in [0.717, 1.165) is 0 Å². The second kappa shape index (κ2) is 5.28. The lowest BCUT2D eigenvalue weighted by Crippen LogP contribution is -2.37. The number of rotatable bonds is 3. The minimum absolute atomic E-state index is 0.0105. The maximum Gasteiger partial charge on any atom is 0.250 e. The number of thioether (sulfide) groups is 1. The average molecular weight is 302 g/mol. The third-order valence-electron chi connectivity index (χ3n) is 3.20. The minimum atomic E-state index is -2.96. The van der Waals surface area contributed by atoms with Crippen LogP contribution in [0.5, 0.6) is 0 Å². The van der Waals surface area contributed by atoms with E-state index in [2.05, 4.69) is 11.6 Å². The van der Waals surface area contributed by atoms with Crippen molar-refractivity contribution in [3.63, 3.8) is 0 Å². The van der Waals surface area contributed by atoms with Crippen LogP contribution in [0.1, 0.15) is 13.8 Å². The summed E-state index contributed by atoms with van der Waals surface area (Å²) < 4.78 is 23.3. The number of hydrogen-bond donors (Lipinski definition) is 0. The van der Waals surface area contributed by atoms with Crippen LogP contribution in [0.25, 0.3) is 0 Å². The van der Waals surface area contributed by atoms with Crippen molar-refractivity contribution in [2.75, 3.05) is 18.1 Å². The molecule has 0 saturated carbocycles. The van der Waals surface area contributed by atoms with Gasteiger partial charge in [0.15, 0.2) is 15.0 Å². The Balaban J connectivity index is 2.24. The standard InChI is InChI=1S/C12H18N2O3S2/c1-4-5-14-9-6-19(16,17)7-10(9)18-12(14)13-11(15)8(2)3/h4,8-10H,1,5-7H2,2-3H3/t9-,10+/m1/s1. The van der Waals surface area contributed by atoms with E-state index in [9.17, 15) is 13.2 Å². The molecule has 7 heteroatoms. The van der Waals surface area contributed by atoms with E-state index in [0.29, 0.717) is 11.7 Å². The zero-order valence-corrected chi connectivity index (χ0v) is 12.7. The summed E-state index contributed by atoms with van der Waals surface area (Å²) in [4.78, 5) is 17.7. The number of aliphatic imine (C=N–C) groups is 1. The highest BCUT2D eigenvalue weighted by Gasteiger charge is 2.48. The zero-order chi connectivity index (χ0) is 14.2. The van der Waals surface area contributed by atoms with E-state index < -0.39 is 9.84 Å². The lowest BCUT2D eigenvalue weighted by Gasteiger charge is -2.22. The maximum atomic E-state index is 11.7. The second-order valence-electron chi connectivity index (χ2n) is 5.13. The van der Waals surface area contributed by atoms with Crippen molar-refractivity contribution in [2.45, 2.75) is 25.1 Å². The highest BCUT2D eigenvalue weighted by molar-refractivity contribution is 8.15. The molecule has 2 aliphatic heterocycles. The van der Waals surface area contributed by atoms with Crippen molar-refractivity contribution in [2.24, 2.45) is 10.9 Å². The Morgan fingerprint density at radius 1 is 1.58 bits per heavy atom. The molecule has 0 aliphatic carbocycles. The maximum absolute atomic E-state index is 11.7. The summed E-state index contributed by atoms with van der Waals surface area (Å²) >= 11 is 1.41. The van der Waals surface area contributed by atoms with E-state index in [1.807, 2.05) is 4.90 Å². The average Bonchev–Trinajstić information content (AvgIpc) is 2.73. The van der Waals surface area contributed by atoms with Gasteiger partial charge < -0.3 is 4.90 Å². The number of carbonyl (C=O) groups is 1. The lowest BCUT2D eigenvalue weighted by atomic mass is 10.2. The summed E-state index contributed by atoms with van der Waals surface area (Å²) in [5, 5.41) is 0.632. The molecule has 0 radical (unpaired) electrons. The Hall–Kier alpha value is -0.820. The van der Waals surface area contributed by atoms with Gasteiger partial charge in [-0.1, -0.05) is 31.7 Å². The molecular formula is C12H18N2O3S2. The highest BCUT2D eigenvalue weighted by Crippen LogP contribution is 2.38. The predicted molar refractivity (Wildman–Crippen MR) is 78.0 cm³/mol. The first-order valence-electron chi connectivity index (χ1n) is 6.21. The van der Waals surface area contributed by atoms with Crippen molar-refractivity contribution in [3.8, 4) is 0 Å². The summed E-state index contributed by atoms with van der Waals surface area (Å²) in [6, 6.07) is -0.0771. The highest BCUT2D eigenvalue weighted by atomic mass is 32.2. The summed E-state index contributed by atoms with van der Waals surface area (Å²) in [6.45, 7) is 7.81. The Morgan fingerprint density at radius 3 is 2.84 bits per heavy atom. The molecule has 0 N–H and O–H groups in total. The molecule has 0 aromatic rings. The first kappa shape index (κ1) is 14.6. The number of nitrogens with zero attached hydrogens (tertiary/aromatic N) is 2. The molecule has 106 valence electrons. The predicted octanol–water partition coefficient (Wildman–Crippen LogP) is 0.925. The molecule has 2 heterocycles. The zero-order valence-electron chi connectivity index (χ0n) is 11.1. The number of amides is 1. The molecule has 0 aromatic carbocycles. The molecule has 2 saturated heterocycles. The SMILES string of the molecule is C=CCN1C(=NC(=O)C(C)C)S[C@H]2CS(=O)(=O)C[C@H]21. The van der Waals surface area contributed by atoms with Crippen LogP contribution in [0.2, 0.25) is 0 Å². The van der Waals surface area contributed by atoms with Gasteiger partial charge in [-0.25, -0.2) is 8.42 Å². The van der Waals surface area contributed by atoms with Crippen molar-refractivity contribution >= 4 is 32.7 Å². The fourth-order valence-electron chi connectivity index (χ4n) is 2.21. The quantitative estimate of drug-likeness (QED) is 0.725. The van der Waals surface area contributed by atoms with E-state index in [-0.39, 0.29) is 34.6 Å². The molecule has 1 amide bonds. The molecular weight excluding hydrogens is 284 g/mol. The number of fused-ring (bicyclic) bond motifs is 1. The smallest absolute Gasteiger partial charge is 0.250 e. The van der Waals surface area contributed by atoms with Gasteiger partial charge in [0.2, 0.25) is 0 Å². The Bertz CT molecular complexity index is 525. The number of carbonyl (C=O) groups excluding carboxylic acids is 1. The molecule has 19 heavy (non-hydrogen) atoms. The largest absolute Gasteiger partial charge is 0.342 e. The molecule has 0 spiro atoms. The van der Waals surface area contributed by atoms with Gasteiger partial charge in [-0.2, -0.15) is 4.99 Å². The van der Waals surface area contributed by atoms with Crippen molar-refractivity contribution in [1.82, 2.24) is 4.90 Å². The monoisotopic (exact) mass is 302 g/mol. The van der Waals surface area contributed by atoms with Crippen LogP contribution in [0.4, 0.5) is 0 Å². The number of hydrogen-bond acceptors (Lipinski definition) is 4. The van der Waals surface area contributed by atoms with Gasteiger partial charge in [0.1, 0.15) is 0 Å². The topological polar surface area (TPSA) is 66.8 Å². The van der Waals surface area contributed by atoms with E-state index in [1.165, 1.54) is 11.8 Å². The molecule has 0 aromatic heterocycles. The van der Waals surface area contributed by atoms with Gasteiger partial charge in [-0.15, -0.1) is 6.58 Å². The van der Waals surface area contributed by atoms with Gasteiger partial charge in [-0.3, -0.25) is 4.79 Å². The molecule has 2 rings (SSSR count). The number of amidine groups is 1. The van der Waals surface area contributed by atoms with Gasteiger partial charge >= 0.3 is 0 Å². The minimum Gasteiger partial charge on any atom is -0.342 e. The van der Waals surface area contributed by atoms with Crippen LogP contribution in [-0.4, -0.2) is 53.7 Å². The molecule has 2 atom stereocenters. The summed E-state index contributed by atoms with van der Waals surface area (Å²) in [5.74, 6) is 0.000355. The lowest BCUT2D eigenvalue weighted by molar-refractivity contribution is -0.120. The van der Waals surface area contributed by atoms with E-state index in [1.54, 1.807) is 19.9 Å². The van der Waals surface area contributed by atoms with E-state index in [4.69, 9.17) is 0 Å². The van der Waals surface area contributed by atoms with Gasteiger partial charge in [0.25, 0.3) is 5.91 Å².